The number of aromatic nitrogens is 2. The maximum atomic E-state index is 12.6. The van der Waals surface area contributed by atoms with Crippen molar-refractivity contribution in [1.29, 1.82) is 0 Å². The summed E-state index contributed by atoms with van der Waals surface area (Å²) >= 11 is 6.12. The molecule has 0 unspecified atom stereocenters. The molecule has 1 aromatic heterocycles. The summed E-state index contributed by atoms with van der Waals surface area (Å²) in [6.45, 7) is 7.62. The molecule has 2 amide bonds. The predicted octanol–water partition coefficient (Wildman–Crippen LogP) is 3.96. The van der Waals surface area contributed by atoms with Gasteiger partial charge in [0.1, 0.15) is 5.82 Å². The number of carbonyl (C=O) groups excluding carboxylic acids is 2. The van der Waals surface area contributed by atoms with Crippen molar-refractivity contribution in [2.24, 2.45) is 5.92 Å². The standard InChI is InChI=1S/C17H21ClN4O2/c1-10(2)11(3)22-16(7-8-19-22)21-17(24)14-9-13(20-12(4)23)5-6-15(14)18/h5-11H,1-4H3,(H,20,23)(H,21,24)/t11-/m1/s1. The Bertz CT molecular complexity index is 755. The van der Waals surface area contributed by atoms with E-state index >= 15 is 0 Å². The van der Waals surface area contributed by atoms with Crippen molar-refractivity contribution in [2.75, 3.05) is 10.6 Å². The van der Waals surface area contributed by atoms with Crippen molar-refractivity contribution in [3.05, 3.63) is 41.0 Å². The first-order chi connectivity index (χ1) is 11.3. The first kappa shape index (κ1) is 18.0. The minimum absolute atomic E-state index is 0.136. The molecule has 1 aromatic carbocycles. The van der Waals surface area contributed by atoms with Crippen molar-refractivity contribution in [3.63, 3.8) is 0 Å². The quantitative estimate of drug-likeness (QED) is 0.858. The van der Waals surface area contributed by atoms with Gasteiger partial charge in [0, 0.05) is 18.7 Å². The van der Waals surface area contributed by atoms with Gasteiger partial charge in [0.15, 0.2) is 0 Å². The van der Waals surface area contributed by atoms with E-state index in [0.29, 0.717) is 22.4 Å². The molecule has 0 fully saturated rings. The molecule has 0 aliphatic heterocycles. The first-order valence-electron chi connectivity index (χ1n) is 7.71. The highest BCUT2D eigenvalue weighted by molar-refractivity contribution is 6.34. The van der Waals surface area contributed by atoms with Crippen molar-refractivity contribution in [1.82, 2.24) is 9.78 Å². The summed E-state index contributed by atoms with van der Waals surface area (Å²) in [7, 11) is 0. The molecule has 6 nitrogen and oxygen atoms in total. The third-order valence-corrected chi connectivity index (χ3v) is 4.12. The smallest absolute Gasteiger partial charge is 0.258 e. The third-order valence-electron chi connectivity index (χ3n) is 3.79. The van der Waals surface area contributed by atoms with Gasteiger partial charge < -0.3 is 10.6 Å². The summed E-state index contributed by atoms with van der Waals surface area (Å²) in [6.07, 6.45) is 1.64. The fourth-order valence-corrected chi connectivity index (χ4v) is 2.39. The van der Waals surface area contributed by atoms with E-state index in [0.717, 1.165) is 0 Å². The van der Waals surface area contributed by atoms with E-state index in [-0.39, 0.29) is 23.4 Å². The average molecular weight is 349 g/mol. The molecule has 128 valence electrons. The molecule has 2 N–H and O–H groups in total. The molecular formula is C17H21ClN4O2. The van der Waals surface area contributed by atoms with Crippen LogP contribution in [0.15, 0.2) is 30.5 Å². The first-order valence-corrected chi connectivity index (χ1v) is 8.09. The lowest BCUT2D eigenvalue weighted by Crippen LogP contribution is -2.20. The number of hydrogen-bond acceptors (Lipinski definition) is 3. The molecule has 1 heterocycles. The van der Waals surface area contributed by atoms with E-state index in [4.69, 9.17) is 11.6 Å². The molecule has 24 heavy (non-hydrogen) atoms. The highest BCUT2D eigenvalue weighted by Crippen LogP contribution is 2.24. The van der Waals surface area contributed by atoms with Gasteiger partial charge in [-0.2, -0.15) is 5.10 Å². The second-order valence-corrected chi connectivity index (χ2v) is 6.38. The molecule has 1 atom stereocenters. The van der Waals surface area contributed by atoms with Crippen LogP contribution in [0.3, 0.4) is 0 Å². The summed E-state index contributed by atoms with van der Waals surface area (Å²) in [5.74, 6) is 0.395. The molecular weight excluding hydrogens is 328 g/mol. The number of amides is 2. The van der Waals surface area contributed by atoms with Crippen molar-refractivity contribution >= 4 is 34.9 Å². The molecule has 0 bridgehead atoms. The largest absolute Gasteiger partial charge is 0.326 e. The Labute approximate surface area is 146 Å². The minimum Gasteiger partial charge on any atom is -0.326 e. The summed E-state index contributed by atoms with van der Waals surface area (Å²) < 4.78 is 1.77. The number of rotatable bonds is 5. The van der Waals surface area contributed by atoms with Gasteiger partial charge in [-0.15, -0.1) is 0 Å². The van der Waals surface area contributed by atoms with E-state index in [1.807, 2.05) is 6.92 Å². The van der Waals surface area contributed by atoms with Gasteiger partial charge in [-0.05, 0) is 31.0 Å². The molecule has 7 heteroatoms. The molecule has 0 radical (unpaired) electrons. The van der Waals surface area contributed by atoms with Crippen LogP contribution in [-0.2, 0) is 4.79 Å². The van der Waals surface area contributed by atoms with E-state index in [1.165, 1.54) is 6.92 Å². The number of benzene rings is 1. The van der Waals surface area contributed by atoms with Crippen LogP contribution in [-0.4, -0.2) is 21.6 Å². The Morgan fingerprint density at radius 3 is 2.50 bits per heavy atom. The van der Waals surface area contributed by atoms with E-state index < -0.39 is 0 Å². The van der Waals surface area contributed by atoms with E-state index in [9.17, 15) is 9.59 Å². The van der Waals surface area contributed by atoms with E-state index in [2.05, 4.69) is 29.6 Å². The average Bonchev–Trinajstić information content (AvgIpc) is 2.95. The molecule has 0 saturated carbocycles. The summed E-state index contributed by atoms with van der Waals surface area (Å²) in [4.78, 5) is 23.7. The predicted molar refractivity (Wildman–Crippen MR) is 95.5 cm³/mol. The van der Waals surface area contributed by atoms with Crippen LogP contribution >= 0.6 is 11.6 Å². The van der Waals surface area contributed by atoms with Gasteiger partial charge >= 0.3 is 0 Å². The Morgan fingerprint density at radius 2 is 1.88 bits per heavy atom. The number of nitrogens with one attached hydrogen (secondary N) is 2. The van der Waals surface area contributed by atoms with Gasteiger partial charge in [-0.3, -0.25) is 9.59 Å². The number of hydrogen-bond donors (Lipinski definition) is 2. The highest BCUT2D eigenvalue weighted by Gasteiger charge is 2.17. The topological polar surface area (TPSA) is 76.0 Å². The van der Waals surface area contributed by atoms with Gasteiger partial charge in [0.2, 0.25) is 5.91 Å². The molecule has 0 saturated heterocycles. The van der Waals surface area contributed by atoms with Crippen molar-refractivity contribution < 1.29 is 9.59 Å². The third kappa shape index (κ3) is 4.14. The summed E-state index contributed by atoms with van der Waals surface area (Å²) in [5, 5.41) is 10.0. The molecule has 0 aliphatic carbocycles. The van der Waals surface area contributed by atoms with Gasteiger partial charge in [-0.1, -0.05) is 25.4 Å². The summed E-state index contributed by atoms with van der Waals surface area (Å²) in [5.41, 5.74) is 0.800. The van der Waals surface area contributed by atoms with Crippen LogP contribution in [0.4, 0.5) is 11.5 Å². The normalized spacial score (nSPS) is 12.1. The van der Waals surface area contributed by atoms with Crippen molar-refractivity contribution in [3.8, 4) is 0 Å². The number of carbonyl (C=O) groups is 2. The van der Waals surface area contributed by atoms with Crippen LogP contribution in [0.5, 0.6) is 0 Å². The molecule has 2 aromatic rings. The number of halogens is 1. The maximum Gasteiger partial charge on any atom is 0.258 e. The van der Waals surface area contributed by atoms with Crippen LogP contribution in [0.2, 0.25) is 5.02 Å². The second kappa shape index (κ2) is 7.49. The fraction of sp³-hybridized carbons (Fsp3) is 0.353. The van der Waals surface area contributed by atoms with Crippen LogP contribution in [0.1, 0.15) is 44.1 Å². The van der Waals surface area contributed by atoms with Crippen LogP contribution in [0.25, 0.3) is 0 Å². The highest BCUT2D eigenvalue weighted by atomic mass is 35.5. The van der Waals surface area contributed by atoms with Gasteiger partial charge in [0.25, 0.3) is 5.91 Å². The molecule has 0 spiro atoms. The fourth-order valence-electron chi connectivity index (χ4n) is 2.18. The molecule has 0 aliphatic rings. The SMILES string of the molecule is CC(=O)Nc1ccc(Cl)c(C(=O)Nc2ccnn2[C@H](C)C(C)C)c1. The van der Waals surface area contributed by atoms with Gasteiger partial charge in [-0.25, -0.2) is 4.68 Å². The Hall–Kier alpha value is -2.34. The maximum absolute atomic E-state index is 12.6. The lowest BCUT2D eigenvalue weighted by Gasteiger charge is -2.19. The zero-order valence-electron chi connectivity index (χ0n) is 14.1. The monoisotopic (exact) mass is 348 g/mol. The second-order valence-electron chi connectivity index (χ2n) is 5.98. The minimum atomic E-state index is -0.357. The lowest BCUT2D eigenvalue weighted by molar-refractivity contribution is -0.114. The lowest BCUT2D eigenvalue weighted by atomic mass is 10.1. The zero-order valence-corrected chi connectivity index (χ0v) is 14.9. The van der Waals surface area contributed by atoms with Crippen LogP contribution in [0, 0.1) is 5.92 Å². The Morgan fingerprint density at radius 1 is 1.17 bits per heavy atom. The molecule has 2 rings (SSSR count). The van der Waals surface area contributed by atoms with Crippen LogP contribution < -0.4 is 10.6 Å². The number of nitrogens with zero attached hydrogens (tertiary/aromatic N) is 2. The Kier molecular flexibility index (Phi) is 5.62. The zero-order chi connectivity index (χ0) is 17.9. The Balaban J connectivity index is 2.25. The van der Waals surface area contributed by atoms with E-state index in [1.54, 1.807) is 35.1 Å². The summed E-state index contributed by atoms with van der Waals surface area (Å²) in [6, 6.07) is 6.64. The van der Waals surface area contributed by atoms with Gasteiger partial charge in [0.05, 0.1) is 22.8 Å². The number of anilines is 2. The van der Waals surface area contributed by atoms with Crippen molar-refractivity contribution in [2.45, 2.75) is 33.7 Å².